The highest BCUT2D eigenvalue weighted by Crippen LogP contribution is 2.28. The van der Waals surface area contributed by atoms with Crippen molar-refractivity contribution in [3.8, 4) is 0 Å². The Morgan fingerprint density at radius 2 is 1.76 bits per heavy atom. The van der Waals surface area contributed by atoms with Crippen LogP contribution in [0.2, 0.25) is 0 Å². The molecule has 0 spiro atoms. The van der Waals surface area contributed by atoms with Crippen molar-refractivity contribution >= 4 is 34.4 Å². The molecule has 0 bridgehead atoms. The topological polar surface area (TPSA) is 117 Å². The van der Waals surface area contributed by atoms with Crippen LogP contribution in [0.25, 0.3) is 11.0 Å². The number of ether oxygens (including phenoxy) is 1. The van der Waals surface area contributed by atoms with E-state index in [2.05, 4.69) is 55.2 Å². The minimum absolute atomic E-state index is 0.0621. The van der Waals surface area contributed by atoms with E-state index in [-0.39, 0.29) is 6.04 Å². The van der Waals surface area contributed by atoms with Gasteiger partial charge in [0.25, 0.3) is 0 Å². The van der Waals surface area contributed by atoms with Crippen molar-refractivity contribution in [2.24, 2.45) is 0 Å². The Kier molecular flexibility index (Phi) is 6.62. The summed E-state index contributed by atoms with van der Waals surface area (Å²) >= 11 is 0. The molecule has 0 saturated carbocycles. The third-order valence-corrected chi connectivity index (χ3v) is 5.07. The smallest absolute Gasteiger partial charge is 0.412 e. The van der Waals surface area contributed by atoms with E-state index in [4.69, 9.17) is 4.74 Å². The molecular weight excluding hydrogens is 430 g/mol. The lowest BCUT2D eigenvalue weighted by molar-refractivity contribution is 0.0636. The fourth-order valence-electron chi connectivity index (χ4n) is 3.44. The number of amides is 1. The van der Waals surface area contributed by atoms with E-state index in [1.54, 1.807) is 0 Å². The van der Waals surface area contributed by atoms with Gasteiger partial charge in [-0.15, -0.1) is 0 Å². The first-order valence-electron chi connectivity index (χ1n) is 11.1. The van der Waals surface area contributed by atoms with Gasteiger partial charge in [-0.2, -0.15) is 5.10 Å². The molecule has 0 aliphatic carbocycles. The van der Waals surface area contributed by atoms with Gasteiger partial charge in [-0.05, 0) is 51.0 Å². The van der Waals surface area contributed by atoms with Crippen LogP contribution in [0.4, 0.5) is 22.1 Å². The number of aromatic amines is 1. The number of fused-ring (bicyclic) bond motifs is 1. The highest BCUT2D eigenvalue weighted by molar-refractivity contribution is 5.96. The second-order valence-corrected chi connectivity index (χ2v) is 8.97. The van der Waals surface area contributed by atoms with Crippen LogP contribution < -0.4 is 16.0 Å². The number of nitrogens with one attached hydrogen (secondary N) is 4. The molecule has 0 saturated heterocycles. The zero-order valence-corrected chi connectivity index (χ0v) is 19.7. The summed E-state index contributed by atoms with van der Waals surface area (Å²) in [5, 5.41) is 17.7. The number of nitrogens with zero attached hydrogens (tertiary/aromatic N) is 3. The lowest BCUT2D eigenvalue weighted by atomic mass is 10.1. The quantitative estimate of drug-likeness (QED) is 0.289. The first-order valence-corrected chi connectivity index (χ1v) is 11.1. The number of rotatable bonds is 7. The van der Waals surface area contributed by atoms with Crippen molar-refractivity contribution in [2.45, 2.75) is 45.9 Å². The normalized spacial score (nSPS) is 12.2. The van der Waals surface area contributed by atoms with Crippen LogP contribution in [-0.4, -0.2) is 31.9 Å². The molecule has 0 radical (unpaired) electrons. The molecule has 34 heavy (non-hydrogen) atoms. The molecule has 0 fully saturated rings. The second-order valence-electron chi connectivity index (χ2n) is 8.97. The van der Waals surface area contributed by atoms with Gasteiger partial charge in [0, 0.05) is 18.3 Å². The number of H-pyrrole nitrogens is 1. The largest absolute Gasteiger partial charge is 0.444 e. The minimum Gasteiger partial charge on any atom is -0.444 e. The molecule has 2 aromatic carbocycles. The first kappa shape index (κ1) is 23.0. The number of carbonyl (C=O) groups excluding carboxylic acids is 1. The van der Waals surface area contributed by atoms with Crippen LogP contribution >= 0.6 is 0 Å². The lowest BCUT2D eigenvalue weighted by Gasteiger charge is -2.19. The van der Waals surface area contributed by atoms with Gasteiger partial charge in [-0.3, -0.25) is 10.4 Å². The average molecular weight is 460 g/mol. The fourth-order valence-corrected chi connectivity index (χ4v) is 3.44. The Labute approximate surface area is 198 Å². The average Bonchev–Trinajstić information content (AvgIpc) is 3.22. The Morgan fingerprint density at radius 3 is 2.47 bits per heavy atom. The summed E-state index contributed by atoms with van der Waals surface area (Å²) < 4.78 is 5.28. The molecule has 1 amide bonds. The Bertz CT molecular complexity index is 1250. The molecular formula is C25H29N7O2. The molecule has 0 aliphatic rings. The van der Waals surface area contributed by atoms with E-state index in [9.17, 15) is 4.79 Å². The van der Waals surface area contributed by atoms with Gasteiger partial charge in [0.1, 0.15) is 23.1 Å². The number of carbonyl (C=O) groups is 1. The number of anilines is 3. The van der Waals surface area contributed by atoms with Crippen LogP contribution in [0.1, 0.15) is 44.9 Å². The maximum absolute atomic E-state index is 11.9. The third kappa shape index (κ3) is 5.80. The monoisotopic (exact) mass is 459 g/mol. The Morgan fingerprint density at radius 1 is 1.03 bits per heavy atom. The van der Waals surface area contributed by atoms with Crippen molar-refractivity contribution < 1.29 is 9.53 Å². The molecule has 4 aromatic rings. The second kappa shape index (κ2) is 9.78. The molecule has 176 valence electrons. The molecule has 1 unspecified atom stereocenters. The van der Waals surface area contributed by atoms with E-state index < -0.39 is 11.7 Å². The van der Waals surface area contributed by atoms with Crippen molar-refractivity contribution in [1.29, 1.82) is 0 Å². The van der Waals surface area contributed by atoms with Crippen molar-refractivity contribution in [3.63, 3.8) is 0 Å². The van der Waals surface area contributed by atoms with Crippen LogP contribution in [0, 0.1) is 0 Å². The SMILES string of the molecule is CC(Nc1ncnc2[nH]nc(NCc3ccc(NC(=O)OC(C)(C)C)cc3)c12)c1ccccc1. The van der Waals surface area contributed by atoms with E-state index in [1.807, 2.05) is 63.2 Å². The zero-order chi connectivity index (χ0) is 24.1. The summed E-state index contributed by atoms with van der Waals surface area (Å²) in [4.78, 5) is 20.7. The highest BCUT2D eigenvalue weighted by Gasteiger charge is 2.17. The zero-order valence-electron chi connectivity index (χ0n) is 19.7. The van der Waals surface area contributed by atoms with Gasteiger partial charge in [0.05, 0.1) is 0 Å². The van der Waals surface area contributed by atoms with Crippen molar-refractivity contribution in [1.82, 2.24) is 20.2 Å². The number of hydrogen-bond donors (Lipinski definition) is 4. The molecule has 4 rings (SSSR count). The van der Waals surface area contributed by atoms with Gasteiger partial charge in [0.15, 0.2) is 11.5 Å². The fraction of sp³-hybridized carbons (Fsp3) is 0.280. The molecule has 1 atom stereocenters. The van der Waals surface area contributed by atoms with Crippen molar-refractivity contribution in [2.75, 3.05) is 16.0 Å². The molecule has 9 heteroatoms. The van der Waals surface area contributed by atoms with Gasteiger partial charge in [-0.1, -0.05) is 42.5 Å². The van der Waals surface area contributed by atoms with E-state index in [0.717, 1.165) is 16.5 Å². The molecule has 9 nitrogen and oxygen atoms in total. The van der Waals surface area contributed by atoms with Gasteiger partial charge in [-0.25, -0.2) is 14.8 Å². The van der Waals surface area contributed by atoms with E-state index >= 15 is 0 Å². The van der Waals surface area contributed by atoms with E-state index in [1.165, 1.54) is 6.33 Å². The maximum Gasteiger partial charge on any atom is 0.412 e. The third-order valence-electron chi connectivity index (χ3n) is 5.07. The molecule has 4 N–H and O–H groups in total. The Balaban J connectivity index is 1.43. The van der Waals surface area contributed by atoms with Crippen LogP contribution in [0.5, 0.6) is 0 Å². The summed E-state index contributed by atoms with van der Waals surface area (Å²) in [6, 6.07) is 17.8. The summed E-state index contributed by atoms with van der Waals surface area (Å²) in [6.07, 6.45) is 1.03. The standard InChI is InChI=1S/C25H29N7O2/c1-16(18-8-6-5-7-9-18)29-21-20-22(31-32-23(20)28-15-27-21)26-14-17-10-12-19(13-11-17)30-24(33)34-25(2,3)4/h5-13,15-16H,14H2,1-4H3,(H,30,33)(H3,26,27,28,29,31,32). The van der Waals surface area contributed by atoms with Crippen molar-refractivity contribution in [3.05, 3.63) is 72.1 Å². The van der Waals surface area contributed by atoms with Gasteiger partial charge >= 0.3 is 6.09 Å². The van der Waals surface area contributed by atoms with Crippen LogP contribution in [0.3, 0.4) is 0 Å². The number of hydrogen-bond acceptors (Lipinski definition) is 7. The minimum atomic E-state index is -0.545. The summed E-state index contributed by atoms with van der Waals surface area (Å²) in [6.45, 7) is 8.11. The summed E-state index contributed by atoms with van der Waals surface area (Å²) in [5.74, 6) is 1.36. The van der Waals surface area contributed by atoms with Crippen LogP contribution in [0.15, 0.2) is 60.9 Å². The van der Waals surface area contributed by atoms with E-state index in [0.29, 0.717) is 29.5 Å². The molecule has 0 aliphatic heterocycles. The highest BCUT2D eigenvalue weighted by atomic mass is 16.6. The number of benzene rings is 2. The molecule has 2 heterocycles. The van der Waals surface area contributed by atoms with Crippen LogP contribution in [-0.2, 0) is 11.3 Å². The Hall–Kier alpha value is -4.14. The van der Waals surface area contributed by atoms with Gasteiger partial charge in [0.2, 0.25) is 0 Å². The molecule has 2 aromatic heterocycles. The summed E-state index contributed by atoms with van der Waals surface area (Å²) in [5.41, 5.74) is 2.95. The number of aromatic nitrogens is 4. The summed E-state index contributed by atoms with van der Waals surface area (Å²) in [7, 11) is 0. The first-order chi connectivity index (χ1) is 16.3. The maximum atomic E-state index is 11.9. The predicted octanol–water partition coefficient (Wildman–Crippen LogP) is 5.49. The predicted molar refractivity (Wildman–Crippen MR) is 134 cm³/mol. The lowest BCUT2D eigenvalue weighted by Crippen LogP contribution is -2.27. The van der Waals surface area contributed by atoms with Gasteiger partial charge < -0.3 is 15.4 Å².